The summed E-state index contributed by atoms with van der Waals surface area (Å²) in [5, 5.41) is 4.04. The number of thioether (sulfide) groups is 1. The molecule has 2 atom stereocenters. The van der Waals surface area contributed by atoms with Crippen LogP contribution in [-0.2, 0) is 9.53 Å². The molecular weight excluding hydrogens is 308 g/mol. The Morgan fingerprint density at radius 3 is 2.62 bits per heavy atom. The summed E-state index contributed by atoms with van der Waals surface area (Å²) < 4.78 is 5.66. The molecule has 2 unspecified atom stereocenters. The van der Waals surface area contributed by atoms with Crippen molar-refractivity contribution in [1.82, 2.24) is 10.2 Å². The Morgan fingerprint density at radius 2 is 2.05 bits per heavy atom. The Hall–Kier alpha value is 0.0300. The molecule has 2 aliphatic rings. The van der Waals surface area contributed by atoms with Gasteiger partial charge in [0.15, 0.2) is 0 Å². The highest BCUT2D eigenvalue weighted by Crippen LogP contribution is 2.34. The summed E-state index contributed by atoms with van der Waals surface area (Å²) in [6, 6.07) is 0.397. The number of carbonyl (C=O) groups excluding carboxylic acids is 1. The molecule has 0 radical (unpaired) electrons. The number of nitrogens with one attached hydrogen (secondary N) is 1. The van der Waals surface area contributed by atoms with Crippen LogP contribution in [0, 0.1) is 0 Å². The van der Waals surface area contributed by atoms with Crippen LogP contribution in [0.15, 0.2) is 0 Å². The van der Waals surface area contributed by atoms with E-state index in [1.807, 2.05) is 23.7 Å². The highest BCUT2D eigenvalue weighted by atomic mass is 35.5. The lowest BCUT2D eigenvalue weighted by atomic mass is 9.90. The van der Waals surface area contributed by atoms with E-state index in [0.29, 0.717) is 6.04 Å². The molecule has 21 heavy (non-hydrogen) atoms. The maximum atomic E-state index is 12.9. The molecule has 1 saturated carbocycles. The normalized spacial score (nSPS) is 28.0. The summed E-state index contributed by atoms with van der Waals surface area (Å²) in [6.45, 7) is 3.95. The van der Waals surface area contributed by atoms with Crippen LogP contribution in [0.4, 0.5) is 0 Å². The summed E-state index contributed by atoms with van der Waals surface area (Å²) in [5.41, 5.74) is -0.587. The zero-order chi connectivity index (χ0) is 14.6. The second-order valence-electron chi connectivity index (χ2n) is 5.91. The number of ether oxygens (including phenoxy) is 1. The van der Waals surface area contributed by atoms with E-state index >= 15 is 0 Å². The van der Waals surface area contributed by atoms with Gasteiger partial charge < -0.3 is 15.0 Å². The van der Waals surface area contributed by atoms with Gasteiger partial charge in [-0.05, 0) is 50.9 Å². The standard InChI is InChI=1S/C15H28N2O2S.ClH/c1-4-20-13-6-5-12(11-13)17(2)14(18)15(19-3)7-9-16-10-8-15;/h12-13,16H,4-11H2,1-3H3;1H. The molecule has 1 saturated heterocycles. The minimum absolute atomic E-state index is 0. The first-order chi connectivity index (χ1) is 9.63. The zero-order valence-electron chi connectivity index (χ0n) is 13.4. The number of hydrogen-bond acceptors (Lipinski definition) is 4. The number of methoxy groups -OCH3 is 1. The van der Waals surface area contributed by atoms with Crippen molar-refractivity contribution in [3.8, 4) is 0 Å². The van der Waals surface area contributed by atoms with Crippen molar-refractivity contribution in [1.29, 1.82) is 0 Å². The minimum atomic E-state index is -0.587. The number of hydrogen-bond donors (Lipinski definition) is 1. The largest absolute Gasteiger partial charge is 0.368 e. The lowest BCUT2D eigenvalue weighted by Gasteiger charge is -2.39. The Balaban J connectivity index is 0.00000220. The summed E-state index contributed by atoms with van der Waals surface area (Å²) >= 11 is 2.03. The predicted molar refractivity (Wildman–Crippen MR) is 91.4 cm³/mol. The van der Waals surface area contributed by atoms with Crippen molar-refractivity contribution < 1.29 is 9.53 Å². The van der Waals surface area contributed by atoms with E-state index in [2.05, 4.69) is 12.2 Å². The molecule has 0 aromatic rings. The van der Waals surface area contributed by atoms with Gasteiger partial charge in [0.25, 0.3) is 5.91 Å². The Kier molecular flexibility index (Phi) is 7.82. The quantitative estimate of drug-likeness (QED) is 0.836. The fourth-order valence-corrected chi connectivity index (χ4v) is 4.61. The molecule has 1 N–H and O–H groups in total. The molecular formula is C15H29ClN2O2S. The fourth-order valence-electron chi connectivity index (χ4n) is 3.48. The number of piperidine rings is 1. The van der Waals surface area contributed by atoms with Gasteiger partial charge >= 0.3 is 0 Å². The monoisotopic (exact) mass is 336 g/mol. The Morgan fingerprint density at radius 1 is 1.38 bits per heavy atom. The SMILES string of the molecule is CCSC1CCC(N(C)C(=O)C2(OC)CCNCC2)C1.Cl. The van der Waals surface area contributed by atoms with Crippen molar-refractivity contribution in [3.05, 3.63) is 0 Å². The van der Waals surface area contributed by atoms with Gasteiger partial charge in [-0.3, -0.25) is 4.79 Å². The molecule has 4 nitrogen and oxygen atoms in total. The molecule has 1 heterocycles. The van der Waals surface area contributed by atoms with Crippen LogP contribution in [0.1, 0.15) is 39.0 Å². The first-order valence-corrected chi connectivity index (χ1v) is 8.82. The number of carbonyl (C=O) groups is 1. The van der Waals surface area contributed by atoms with E-state index in [4.69, 9.17) is 4.74 Å². The predicted octanol–water partition coefficient (Wildman–Crippen LogP) is 2.31. The average Bonchev–Trinajstić information content (AvgIpc) is 2.95. The molecule has 2 fully saturated rings. The molecule has 1 amide bonds. The van der Waals surface area contributed by atoms with Crippen LogP contribution in [-0.4, -0.2) is 60.7 Å². The number of likely N-dealkylation sites (N-methyl/N-ethyl adjacent to an activating group) is 1. The third-order valence-corrected chi connectivity index (χ3v) is 6.05. The van der Waals surface area contributed by atoms with E-state index in [9.17, 15) is 4.79 Å². The van der Waals surface area contributed by atoms with Gasteiger partial charge in [-0.1, -0.05) is 6.92 Å². The Bertz CT molecular complexity index is 338. The van der Waals surface area contributed by atoms with E-state index in [1.165, 1.54) is 12.2 Å². The highest BCUT2D eigenvalue weighted by molar-refractivity contribution is 7.99. The van der Waals surface area contributed by atoms with Crippen LogP contribution >= 0.6 is 24.2 Å². The molecule has 0 aromatic carbocycles. The van der Waals surface area contributed by atoms with Gasteiger partial charge in [0.05, 0.1) is 0 Å². The summed E-state index contributed by atoms with van der Waals surface area (Å²) in [5.74, 6) is 1.36. The average molecular weight is 337 g/mol. The summed E-state index contributed by atoms with van der Waals surface area (Å²) in [4.78, 5) is 14.8. The highest BCUT2D eigenvalue weighted by Gasteiger charge is 2.43. The Labute approximate surface area is 139 Å². The maximum Gasteiger partial charge on any atom is 0.254 e. The third kappa shape index (κ3) is 4.27. The second-order valence-corrected chi connectivity index (χ2v) is 7.49. The number of rotatable bonds is 5. The van der Waals surface area contributed by atoms with Gasteiger partial charge in [0, 0.05) is 25.4 Å². The fraction of sp³-hybridized carbons (Fsp3) is 0.933. The number of nitrogens with zero attached hydrogens (tertiary/aromatic N) is 1. The molecule has 6 heteroatoms. The molecule has 124 valence electrons. The molecule has 0 spiro atoms. The molecule has 1 aliphatic heterocycles. The lowest BCUT2D eigenvalue weighted by molar-refractivity contribution is -0.159. The number of amides is 1. The van der Waals surface area contributed by atoms with Crippen LogP contribution in [0.2, 0.25) is 0 Å². The second kappa shape index (κ2) is 8.61. The minimum Gasteiger partial charge on any atom is -0.368 e. The van der Waals surface area contributed by atoms with Crippen molar-refractivity contribution in [2.45, 2.75) is 55.9 Å². The van der Waals surface area contributed by atoms with Crippen LogP contribution in [0.5, 0.6) is 0 Å². The third-order valence-electron chi connectivity index (χ3n) is 4.82. The first kappa shape index (κ1) is 19.1. The van der Waals surface area contributed by atoms with Gasteiger partial charge in [0.2, 0.25) is 0 Å². The summed E-state index contributed by atoms with van der Waals surface area (Å²) in [7, 11) is 3.65. The van der Waals surface area contributed by atoms with Gasteiger partial charge in [-0.2, -0.15) is 11.8 Å². The van der Waals surface area contributed by atoms with E-state index in [-0.39, 0.29) is 18.3 Å². The van der Waals surface area contributed by atoms with Gasteiger partial charge in [-0.15, -0.1) is 12.4 Å². The van der Waals surface area contributed by atoms with Crippen molar-refractivity contribution in [2.24, 2.45) is 0 Å². The lowest BCUT2D eigenvalue weighted by Crippen LogP contribution is -2.56. The van der Waals surface area contributed by atoms with Gasteiger partial charge in [0.1, 0.15) is 5.60 Å². The van der Waals surface area contributed by atoms with E-state index in [0.717, 1.165) is 44.0 Å². The smallest absolute Gasteiger partial charge is 0.254 e. The summed E-state index contributed by atoms with van der Waals surface area (Å²) in [6.07, 6.45) is 5.08. The van der Waals surface area contributed by atoms with Crippen molar-refractivity contribution >= 4 is 30.1 Å². The molecule has 0 aromatic heterocycles. The van der Waals surface area contributed by atoms with Crippen LogP contribution < -0.4 is 5.32 Å². The maximum absolute atomic E-state index is 12.9. The molecule has 1 aliphatic carbocycles. The zero-order valence-corrected chi connectivity index (χ0v) is 15.0. The topological polar surface area (TPSA) is 41.6 Å². The van der Waals surface area contributed by atoms with Crippen LogP contribution in [0.3, 0.4) is 0 Å². The van der Waals surface area contributed by atoms with Crippen LogP contribution in [0.25, 0.3) is 0 Å². The molecule has 0 bridgehead atoms. The van der Waals surface area contributed by atoms with E-state index in [1.54, 1.807) is 7.11 Å². The van der Waals surface area contributed by atoms with E-state index < -0.39 is 5.60 Å². The first-order valence-electron chi connectivity index (χ1n) is 7.77. The molecule has 2 rings (SSSR count). The number of halogens is 1. The van der Waals surface area contributed by atoms with Gasteiger partial charge in [-0.25, -0.2) is 0 Å². The van der Waals surface area contributed by atoms with Crippen molar-refractivity contribution in [2.75, 3.05) is 33.0 Å². The van der Waals surface area contributed by atoms with Crippen molar-refractivity contribution in [3.63, 3.8) is 0 Å².